The molecule has 0 aromatic heterocycles. The molecule has 3 rings (SSSR count). The lowest BCUT2D eigenvalue weighted by Gasteiger charge is -2.40. The Bertz CT molecular complexity index is 407. The molecule has 1 aromatic carbocycles. The van der Waals surface area contributed by atoms with Crippen molar-refractivity contribution >= 4 is 0 Å². The van der Waals surface area contributed by atoms with E-state index >= 15 is 0 Å². The zero-order valence-corrected chi connectivity index (χ0v) is 10.4. The van der Waals surface area contributed by atoms with Crippen LogP contribution in [-0.2, 0) is 11.2 Å². The summed E-state index contributed by atoms with van der Waals surface area (Å²) in [5.41, 5.74) is 2.94. The summed E-state index contributed by atoms with van der Waals surface area (Å²) in [6.45, 7) is 3.23. The fourth-order valence-electron chi connectivity index (χ4n) is 3.15. The first-order chi connectivity index (χ1) is 8.33. The van der Waals surface area contributed by atoms with Gasteiger partial charge in [-0.1, -0.05) is 42.0 Å². The van der Waals surface area contributed by atoms with E-state index in [0.29, 0.717) is 12.0 Å². The molecule has 0 radical (unpaired) electrons. The third-order valence-electron chi connectivity index (χ3n) is 4.22. The Balaban J connectivity index is 1.75. The molecule has 1 saturated heterocycles. The molecule has 0 unspecified atom stereocenters. The van der Waals surface area contributed by atoms with Gasteiger partial charge in [0.15, 0.2) is 0 Å². The van der Waals surface area contributed by atoms with E-state index in [0.717, 1.165) is 18.9 Å². The molecule has 2 bridgehead atoms. The molecule has 1 heteroatoms. The summed E-state index contributed by atoms with van der Waals surface area (Å²) in [6, 6.07) is 10.7. The Kier molecular flexibility index (Phi) is 3.02. The Labute approximate surface area is 103 Å². The van der Waals surface area contributed by atoms with Gasteiger partial charge >= 0.3 is 0 Å². The molecule has 1 nitrogen and oxygen atoms in total. The molecule has 0 amide bonds. The Morgan fingerprint density at radius 2 is 2.06 bits per heavy atom. The first-order valence-electron chi connectivity index (χ1n) is 6.65. The van der Waals surface area contributed by atoms with Crippen molar-refractivity contribution in [1.82, 2.24) is 0 Å². The lowest BCUT2D eigenvalue weighted by molar-refractivity contribution is -0.0483. The van der Waals surface area contributed by atoms with Crippen LogP contribution in [0.5, 0.6) is 0 Å². The molecule has 1 aliphatic heterocycles. The molecule has 1 fully saturated rings. The standard InChI is InChI=1S/C16H20O/c1-12-7-8-14-9-15(12)16(17-11-14)10-13-5-3-2-4-6-13/h2-7,14-16H,8-11H2,1H3/t14-,15-,16-/m0/s1. The van der Waals surface area contributed by atoms with Gasteiger partial charge in [0.2, 0.25) is 0 Å². The fourth-order valence-corrected chi connectivity index (χ4v) is 3.15. The summed E-state index contributed by atoms with van der Waals surface area (Å²) in [7, 11) is 0. The van der Waals surface area contributed by atoms with Crippen molar-refractivity contribution in [3.63, 3.8) is 0 Å². The highest BCUT2D eigenvalue weighted by molar-refractivity contribution is 5.19. The lowest BCUT2D eigenvalue weighted by Crippen LogP contribution is -2.38. The van der Waals surface area contributed by atoms with E-state index in [-0.39, 0.29) is 0 Å². The van der Waals surface area contributed by atoms with Crippen LogP contribution in [0.1, 0.15) is 25.3 Å². The third-order valence-corrected chi connectivity index (χ3v) is 4.22. The number of rotatable bonds is 2. The topological polar surface area (TPSA) is 9.23 Å². The number of benzene rings is 1. The normalized spacial score (nSPS) is 32.1. The monoisotopic (exact) mass is 228 g/mol. The highest BCUT2D eigenvalue weighted by Crippen LogP contribution is 2.38. The Morgan fingerprint density at radius 1 is 1.24 bits per heavy atom. The van der Waals surface area contributed by atoms with Crippen LogP contribution in [0.2, 0.25) is 0 Å². The van der Waals surface area contributed by atoms with Crippen molar-refractivity contribution in [2.24, 2.45) is 11.8 Å². The zero-order valence-electron chi connectivity index (χ0n) is 10.4. The van der Waals surface area contributed by atoms with E-state index in [1.54, 1.807) is 5.57 Å². The van der Waals surface area contributed by atoms with Gasteiger partial charge in [-0.05, 0) is 37.7 Å². The van der Waals surface area contributed by atoms with Crippen LogP contribution >= 0.6 is 0 Å². The minimum atomic E-state index is 0.394. The average molecular weight is 228 g/mol. The van der Waals surface area contributed by atoms with Gasteiger partial charge in [0, 0.05) is 5.92 Å². The molecule has 0 N–H and O–H groups in total. The van der Waals surface area contributed by atoms with E-state index < -0.39 is 0 Å². The maximum Gasteiger partial charge on any atom is 0.0680 e. The van der Waals surface area contributed by atoms with Crippen molar-refractivity contribution in [3.05, 3.63) is 47.5 Å². The third kappa shape index (κ3) is 2.30. The second-order valence-electron chi connectivity index (χ2n) is 5.45. The largest absolute Gasteiger partial charge is 0.377 e. The van der Waals surface area contributed by atoms with Crippen LogP contribution in [-0.4, -0.2) is 12.7 Å². The Hall–Kier alpha value is -1.08. The van der Waals surface area contributed by atoms with Crippen LogP contribution in [0.4, 0.5) is 0 Å². The van der Waals surface area contributed by atoms with E-state index in [4.69, 9.17) is 4.74 Å². The first-order valence-corrected chi connectivity index (χ1v) is 6.65. The summed E-state index contributed by atoms with van der Waals surface area (Å²) in [5, 5.41) is 0. The number of allylic oxidation sites excluding steroid dienone is 1. The minimum absolute atomic E-state index is 0.394. The summed E-state index contributed by atoms with van der Waals surface area (Å²) < 4.78 is 6.08. The molecule has 0 spiro atoms. The second-order valence-corrected chi connectivity index (χ2v) is 5.45. The van der Waals surface area contributed by atoms with Crippen molar-refractivity contribution in [1.29, 1.82) is 0 Å². The number of hydrogen-bond donors (Lipinski definition) is 0. The SMILES string of the molecule is CC1=CC[C@@H]2CO[C@@H](Cc3ccccc3)[C@H]1C2. The van der Waals surface area contributed by atoms with Gasteiger partial charge in [-0.2, -0.15) is 0 Å². The van der Waals surface area contributed by atoms with Gasteiger partial charge in [0.05, 0.1) is 12.7 Å². The number of ether oxygens (including phenoxy) is 1. The van der Waals surface area contributed by atoms with Gasteiger partial charge < -0.3 is 4.74 Å². The summed E-state index contributed by atoms with van der Waals surface area (Å²) >= 11 is 0. The van der Waals surface area contributed by atoms with E-state index in [9.17, 15) is 0 Å². The minimum Gasteiger partial charge on any atom is -0.377 e. The molecule has 3 atom stereocenters. The molecule has 90 valence electrons. The van der Waals surface area contributed by atoms with Crippen molar-refractivity contribution in [2.75, 3.05) is 6.61 Å². The van der Waals surface area contributed by atoms with Crippen molar-refractivity contribution in [3.8, 4) is 0 Å². The van der Waals surface area contributed by atoms with Gasteiger partial charge in [-0.15, -0.1) is 0 Å². The molecule has 2 aliphatic rings. The molecular weight excluding hydrogens is 208 g/mol. The van der Waals surface area contributed by atoms with Crippen molar-refractivity contribution in [2.45, 2.75) is 32.3 Å². The highest BCUT2D eigenvalue weighted by atomic mass is 16.5. The van der Waals surface area contributed by atoms with Gasteiger partial charge in [-0.3, -0.25) is 0 Å². The van der Waals surface area contributed by atoms with Crippen LogP contribution in [0.3, 0.4) is 0 Å². The Morgan fingerprint density at radius 3 is 2.88 bits per heavy atom. The molecule has 1 aromatic rings. The molecular formula is C16H20O. The van der Waals surface area contributed by atoms with Crippen molar-refractivity contribution < 1.29 is 4.74 Å². The van der Waals surface area contributed by atoms with Crippen LogP contribution in [0.15, 0.2) is 42.0 Å². The van der Waals surface area contributed by atoms with Crippen LogP contribution < -0.4 is 0 Å². The highest BCUT2D eigenvalue weighted by Gasteiger charge is 2.34. The van der Waals surface area contributed by atoms with E-state index in [1.807, 2.05) is 0 Å². The maximum absolute atomic E-state index is 6.08. The van der Waals surface area contributed by atoms with Gasteiger partial charge in [-0.25, -0.2) is 0 Å². The molecule has 1 aliphatic carbocycles. The predicted molar refractivity (Wildman–Crippen MR) is 69.9 cm³/mol. The smallest absolute Gasteiger partial charge is 0.0680 e. The summed E-state index contributed by atoms with van der Waals surface area (Å²) in [4.78, 5) is 0. The number of hydrogen-bond acceptors (Lipinski definition) is 1. The van der Waals surface area contributed by atoms with E-state index in [2.05, 4.69) is 43.3 Å². The lowest BCUT2D eigenvalue weighted by atomic mass is 9.75. The maximum atomic E-state index is 6.08. The van der Waals surface area contributed by atoms with Crippen LogP contribution in [0.25, 0.3) is 0 Å². The first kappa shape index (κ1) is 11.0. The molecule has 1 heterocycles. The van der Waals surface area contributed by atoms with Gasteiger partial charge in [0.25, 0.3) is 0 Å². The molecule has 17 heavy (non-hydrogen) atoms. The summed E-state index contributed by atoms with van der Waals surface area (Å²) in [6.07, 6.45) is 6.44. The number of fused-ring (bicyclic) bond motifs is 2. The van der Waals surface area contributed by atoms with Gasteiger partial charge in [0.1, 0.15) is 0 Å². The quantitative estimate of drug-likeness (QED) is 0.703. The average Bonchev–Trinajstić information content (AvgIpc) is 2.38. The van der Waals surface area contributed by atoms with E-state index in [1.165, 1.54) is 18.4 Å². The summed E-state index contributed by atoms with van der Waals surface area (Å²) in [5.74, 6) is 1.43. The second kappa shape index (κ2) is 4.66. The fraction of sp³-hybridized carbons (Fsp3) is 0.500. The zero-order chi connectivity index (χ0) is 11.7. The molecule has 0 saturated carbocycles. The van der Waals surface area contributed by atoms with Crippen LogP contribution in [0, 0.1) is 11.8 Å². The predicted octanol–water partition coefficient (Wildman–Crippen LogP) is 3.60.